The molecule has 0 amide bonds. The Morgan fingerprint density at radius 2 is 2.07 bits per heavy atom. The third kappa shape index (κ3) is 3.41. The van der Waals surface area contributed by atoms with Gasteiger partial charge >= 0.3 is 0 Å². The van der Waals surface area contributed by atoms with Crippen molar-refractivity contribution >= 4 is 9.84 Å². The molecule has 6 heteroatoms. The largest absolute Gasteiger partial charge is 0.327 e. The van der Waals surface area contributed by atoms with Crippen molar-refractivity contribution in [2.24, 2.45) is 5.73 Å². The molecule has 1 aromatic heterocycles. The predicted octanol–water partition coefficient (Wildman–Crippen LogP) is 0.667. The van der Waals surface area contributed by atoms with E-state index in [9.17, 15) is 12.8 Å². The van der Waals surface area contributed by atoms with E-state index in [1.807, 2.05) is 0 Å². The van der Waals surface area contributed by atoms with Gasteiger partial charge in [-0.25, -0.2) is 12.8 Å². The zero-order valence-electron chi connectivity index (χ0n) is 7.93. The van der Waals surface area contributed by atoms with Crippen molar-refractivity contribution in [3.63, 3.8) is 0 Å². The molecule has 4 nitrogen and oxygen atoms in total. The average Bonchev–Trinajstić information content (AvgIpc) is 2.18. The lowest BCUT2D eigenvalue weighted by Gasteiger charge is -2.01. The van der Waals surface area contributed by atoms with Crippen LogP contribution >= 0.6 is 0 Å². The molecule has 0 fully saturated rings. The fourth-order valence-electron chi connectivity index (χ4n) is 0.997. The van der Waals surface area contributed by atoms with Gasteiger partial charge in [0.2, 0.25) is 0 Å². The summed E-state index contributed by atoms with van der Waals surface area (Å²) in [5, 5.41) is 0. The topological polar surface area (TPSA) is 73.1 Å². The first-order chi connectivity index (χ1) is 7.06. The summed E-state index contributed by atoms with van der Waals surface area (Å²) >= 11 is 0. The van der Waals surface area contributed by atoms with Gasteiger partial charge in [-0.3, -0.25) is 4.98 Å². The van der Waals surface area contributed by atoms with E-state index in [2.05, 4.69) is 4.98 Å². The van der Waals surface area contributed by atoms with Crippen LogP contribution in [0, 0.1) is 0 Å². The highest BCUT2D eigenvalue weighted by Gasteiger charge is 2.16. The van der Waals surface area contributed by atoms with Gasteiger partial charge in [-0.15, -0.1) is 0 Å². The second-order valence-corrected chi connectivity index (χ2v) is 4.82. The summed E-state index contributed by atoms with van der Waals surface area (Å²) < 4.78 is 36.1. The molecule has 0 aliphatic carbocycles. The van der Waals surface area contributed by atoms with Crippen molar-refractivity contribution in [3.8, 4) is 0 Å². The van der Waals surface area contributed by atoms with Crippen molar-refractivity contribution in [2.45, 2.75) is 4.90 Å². The molecule has 0 bridgehead atoms. The fourth-order valence-corrected chi connectivity index (χ4v) is 2.18. The molecule has 82 valence electrons. The number of nitrogens with zero attached hydrogens (tertiary/aromatic N) is 1. The van der Waals surface area contributed by atoms with Crippen LogP contribution < -0.4 is 5.73 Å². The predicted molar refractivity (Wildman–Crippen MR) is 54.5 cm³/mol. The molecule has 1 heterocycles. The van der Waals surface area contributed by atoms with Gasteiger partial charge in [0, 0.05) is 18.9 Å². The van der Waals surface area contributed by atoms with Crippen molar-refractivity contribution in [2.75, 3.05) is 12.3 Å². The maximum absolute atomic E-state index is 13.0. The van der Waals surface area contributed by atoms with Crippen LogP contribution in [0.3, 0.4) is 0 Å². The van der Waals surface area contributed by atoms with Gasteiger partial charge in [-0.05, 0) is 18.2 Å². The SMILES string of the molecule is NC/C=C(\F)CS(=O)(=O)c1ccncc1. The summed E-state index contributed by atoms with van der Waals surface area (Å²) in [5.41, 5.74) is 5.07. The number of nitrogens with two attached hydrogens (primary N) is 1. The van der Waals surface area contributed by atoms with E-state index in [0.29, 0.717) is 0 Å². The number of hydrogen-bond acceptors (Lipinski definition) is 4. The summed E-state index contributed by atoms with van der Waals surface area (Å²) in [4.78, 5) is 3.74. The summed E-state index contributed by atoms with van der Waals surface area (Å²) in [7, 11) is -3.62. The van der Waals surface area contributed by atoms with Gasteiger partial charge in [0.15, 0.2) is 9.84 Å². The molecule has 15 heavy (non-hydrogen) atoms. The van der Waals surface area contributed by atoms with Crippen LogP contribution in [0.15, 0.2) is 41.3 Å². The molecule has 0 saturated heterocycles. The minimum atomic E-state index is -3.62. The first kappa shape index (κ1) is 11.8. The average molecular weight is 230 g/mol. The van der Waals surface area contributed by atoms with E-state index in [-0.39, 0.29) is 11.4 Å². The Morgan fingerprint density at radius 1 is 1.47 bits per heavy atom. The maximum Gasteiger partial charge on any atom is 0.184 e. The Kier molecular flexibility index (Phi) is 3.93. The fraction of sp³-hybridized carbons (Fsp3) is 0.222. The molecule has 0 spiro atoms. The van der Waals surface area contributed by atoms with E-state index in [1.165, 1.54) is 24.5 Å². The van der Waals surface area contributed by atoms with Crippen molar-refractivity contribution in [3.05, 3.63) is 36.4 Å². The quantitative estimate of drug-likeness (QED) is 0.825. The number of halogens is 1. The summed E-state index contributed by atoms with van der Waals surface area (Å²) in [5.74, 6) is -1.40. The standard InChI is InChI=1S/C9H11FN2O2S/c10-8(1-4-11)7-15(13,14)9-2-5-12-6-3-9/h1-3,5-6H,4,7,11H2/b8-1-. The zero-order valence-corrected chi connectivity index (χ0v) is 8.74. The molecule has 0 unspecified atom stereocenters. The Balaban J connectivity index is 2.91. The lowest BCUT2D eigenvalue weighted by Crippen LogP contribution is -2.08. The van der Waals surface area contributed by atoms with Crippen LogP contribution in [0.25, 0.3) is 0 Å². The molecule has 0 aliphatic heterocycles. The van der Waals surface area contributed by atoms with Gasteiger partial charge in [0.25, 0.3) is 0 Å². The molecule has 0 aliphatic rings. The first-order valence-electron chi connectivity index (χ1n) is 4.23. The Hall–Kier alpha value is -1.27. The summed E-state index contributed by atoms with van der Waals surface area (Å²) in [6.45, 7) is -0.0162. The van der Waals surface area contributed by atoms with Gasteiger partial charge in [-0.2, -0.15) is 0 Å². The molecule has 0 atom stereocenters. The smallest absolute Gasteiger partial charge is 0.184 e. The highest BCUT2D eigenvalue weighted by Crippen LogP contribution is 2.12. The Bertz CT molecular complexity index is 442. The number of sulfone groups is 1. The molecule has 1 aromatic rings. The Labute approximate surface area is 87.6 Å². The van der Waals surface area contributed by atoms with Crippen molar-refractivity contribution in [1.29, 1.82) is 0 Å². The second-order valence-electron chi connectivity index (χ2n) is 2.83. The highest BCUT2D eigenvalue weighted by molar-refractivity contribution is 7.91. The third-order valence-corrected chi connectivity index (χ3v) is 3.32. The van der Waals surface area contributed by atoms with Crippen LogP contribution in [0.1, 0.15) is 0 Å². The minimum Gasteiger partial charge on any atom is -0.327 e. The van der Waals surface area contributed by atoms with Gasteiger partial charge in [0.05, 0.1) is 4.90 Å². The molecular formula is C9H11FN2O2S. The molecule has 0 saturated carbocycles. The molecule has 0 radical (unpaired) electrons. The van der Waals surface area contributed by atoms with Gasteiger partial charge < -0.3 is 5.73 Å². The normalized spacial score (nSPS) is 12.8. The third-order valence-electron chi connectivity index (χ3n) is 1.68. The molecule has 2 N–H and O–H groups in total. The number of rotatable bonds is 4. The van der Waals surface area contributed by atoms with E-state index in [4.69, 9.17) is 5.73 Å². The lowest BCUT2D eigenvalue weighted by atomic mass is 10.5. The van der Waals surface area contributed by atoms with Crippen molar-refractivity contribution in [1.82, 2.24) is 4.98 Å². The number of pyridine rings is 1. The maximum atomic E-state index is 13.0. The molecule has 0 aromatic carbocycles. The van der Waals surface area contributed by atoms with Crippen LogP contribution in [0.2, 0.25) is 0 Å². The van der Waals surface area contributed by atoms with Crippen LogP contribution in [0.4, 0.5) is 4.39 Å². The van der Waals surface area contributed by atoms with Crippen LogP contribution in [0.5, 0.6) is 0 Å². The van der Waals surface area contributed by atoms with Crippen LogP contribution in [-0.4, -0.2) is 25.7 Å². The van der Waals surface area contributed by atoms with E-state index >= 15 is 0 Å². The van der Waals surface area contributed by atoms with Crippen molar-refractivity contribution < 1.29 is 12.8 Å². The minimum absolute atomic E-state index is 0.0162. The summed E-state index contributed by atoms with van der Waals surface area (Å²) in [6, 6.07) is 2.65. The first-order valence-corrected chi connectivity index (χ1v) is 5.89. The second kappa shape index (κ2) is 4.99. The Morgan fingerprint density at radius 3 is 2.60 bits per heavy atom. The van der Waals surface area contributed by atoms with E-state index in [0.717, 1.165) is 6.08 Å². The number of aromatic nitrogens is 1. The van der Waals surface area contributed by atoms with E-state index < -0.39 is 21.4 Å². The lowest BCUT2D eigenvalue weighted by molar-refractivity contribution is 0.583. The summed E-state index contributed by atoms with van der Waals surface area (Å²) in [6.07, 6.45) is 3.73. The van der Waals surface area contributed by atoms with Gasteiger partial charge in [0.1, 0.15) is 11.6 Å². The van der Waals surface area contributed by atoms with Gasteiger partial charge in [-0.1, -0.05) is 0 Å². The zero-order chi connectivity index (χ0) is 11.3. The highest BCUT2D eigenvalue weighted by atomic mass is 32.2. The monoisotopic (exact) mass is 230 g/mol. The molecule has 1 rings (SSSR count). The van der Waals surface area contributed by atoms with E-state index in [1.54, 1.807) is 0 Å². The van der Waals surface area contributed by atoms with Crippen LogP contribution in [-0.2, 0) is 9.84 Å². The molecular weight excluding hydrogens is 219 g/mol. The number of hydrogen-bond donors (Lipinski definition) is 1.